The Morgan fingerprint density at radius 3 is 2.79 bits per heavy atom. The van der Waals surface area contributed by atoms with E-state index in [2.05, 4.69) is 25.3 Å². The number of aromatic amines is 1. The molecule has 166 valence electrons. The van der Waals surface area contributed by atoms with E-state index in [9.17, 15) is 4.79 Å². The molecule has 0 fully saturated rings. The Morgan fingerprint density at radius 1 is 1.15 bits per heavy atom. The largest absolute Gasteiger partial charge is 0.382 e. The summed E-state index contributed by atoms with van der Waals surface area (Å²) in [6.07, 6.45) is 3.46. The van der Waals surface area contributed by atoms with E-state index in [4.69, 9.17) is 17.3 Å². The highest BCUT2D eigenvalue weighted by molar-refractivity contribution is 6.31. The zero-order chi connectivity index (χ0) is 22.9. The van der Waals surface area contributed by atoms with Crippen LogP contribution in [0.25, 0.3) is 22.1 Å². The van der Waals surface area contributed by atoms with Crippen molar-refractivity contribution in [1.82, 2.24) is 29.8 Å². The fourth-order valence-corrected chi connectivity index (χ4v) is 4.15. The predicted octanol–water partition coefficient (Wildman–Crippen LogP) is 3.76. The minimum absolute atomic E-state index is 0.0297. The third-order valence-electron chi connectivity index (χ3n) is 5.56. The van der Waals surface area contributed by atoms with Gasteiger partial charge in [-0.15, -0.1) is 0 Å². The van der Waals surface area contributed by atoms with Crippen LogP contribution in [-0.4, -0.2) is 30.4 Å². The third-order valence-corrected chi connectivity index (χ3v) is 5.78. The van der Waals surface area contributed by atoms with E-state index in [1.54, 1.807) is 6.33 Å². The number of anilines is 1. The van der Waals surface area contributed by atoms with E-state index in [1.807, 2.05) is 54.0 Å². The molecule has 0 aliphatic carbocycles. The number of aryl methyl sites for hydroxylation is 1. The highest BCUT2D eigenvalue weighted by atomic mass is 35.5. The summed E-state index contributed by atoms with van der Waals surface area (Å²) in [7, 11) is 0. The number of aromatic nitrogens is 5. The number of nitrogens with zero attached hydrogens (tertiary/aromatic N) is 4. The highest BCUT2D eigenvalue weighted by Crippen LogP contribution is 2.26. The van der Waals surface area contributed by atoms with Crippen molar-refractivity contribution in [3.63, 3.8) is 0 Å². The summed E-state index contributed by atoms with van der Waals surface area (Å²) in [5.41, 5.74) is 12.1. The van der Waals surface area contributed by atoms with Gasteiger partial charge in [-0.2, -0.15) is 0 Å². The molecule has 2 aromatic carbocycles. The maximum Gasteiger partial charge on any atom is 0.224 e. The number of carbonyl (C=O) groups is 1. The quantitative estimate of drug-likeness (QED) is 0.357. The average molecular weight is 460 g/mol. The molecular formula is C24H22ClN7O. The van der Waals surface area contributed by atoms with Gasteiger partial charge in [0, 0.05) is 16.1 Å². The Morgan fingerprint density at radius 2 is 1.97 bits per heavy atom. The fourth-order valence-electron chi connectivity index (χ4n) is 3.90. The van der Waals surface area contributed by atoms with Crippen LogP contribution in [0.1, 0.15) is 22.4 Å². The lowest BCUT2D eigenvalue weighted by Crippen LogP contribution is -2.24. The van der Waals surface area contributed by atoms with Gasteiger partial charge in [0.15, 0.2) is 11.5 Å². The van der Waals surface area contributed by atoms with Gasteiger partial charge >= 0.3 is 0 Å². The molecule has 5 rings (SSSR count). The molecule has 4 N–H and O–H groups in total. The Labute approximate surface area is 194 Å². The van der Waals surface area contributed by atoms with E-state index < -0.39 is 0 Å². The fraction of sp³-hybridized carbons (Fsp3) is 0.167. The van der Waals surface area contributed by atoms with E-state index in [0.717, 1.165) is 27.7 Å². The molecule has 1 amide bonds. The number of nitrogen functional groups attached to an aromatic ring is 1. The zero-order valence-corrected chi connectivity index (χ0v) is 18.7. The predicted molar refractivity (Wildman–Crippen MR) is 129 cm³/mol. The number of imidazole rings is 1. The smallest absolute Gasteiger partial charge is 0.224 e. The lowest BCUT2D eigenvalue weighted by atomic mass is 10.1. The number of hydrogen-bond acceptors (Lipinski definition) is 5. The summed E-state index contributed by atoms with van der Waals surface area (Å²) in [6.45, 7) is 2.93. The molecule has 9 heteroatoms. The molecule has 0 unspecified atom stereocenters. The molecule has 0 aliphatic rings. The normalized spacial score (nSPS) is 11.3. The SMILES string of the molecule is Cc1ccc(CC(=O)NCc2cc3cc(Cl)cc(Cn4cnc5c(N)ncnc54)c3[nH]2)cc1. The van der Waals surface area contributed by atoms with Crippen LogP contribution in [0, 0.1) is 6.92 Å². The van der Waals surface area contributed by atoms with Gasteiger partial charge in [0.25, 0.3) is 0 Å². The first-order valence-corrected chi connectivity index (χ1v) is 10.9. The van der Waals surface area contributed by atoms with Crippen molar-refractivity contribution in [2.24, 2.45) is 0 Å². The number of nitrogens with one attached hydrogen (secondary N) is 2. The molecule has 0 bridgehead atoms. The molecule has 0 saturated heterocycles. The second-order valence-electron chi connectivity index (χ2n) is 8.07. The van der Waals surface area contributed by atoms with Crippen LogP contribution in [0.2, 0.25) is 5.02 Å². The molecule has 0 atom stereocenters. The number of nitrogens with two attached hydrogens (primary N) is 1. The third kappa shape index (κ3) is 4.38. The van der Waals surface area contributed by atoms with Crippen molar-refractivity contribution in [2.45, 2.75) is 26.4 Å². The number of hydrogen-bond donors (Lipinski definition) is 3. The molecule has 0 radical (unpaired) electrons. The van der Waals surface area contributed by atoms with Crippen LogP contribution >= 0.6 is 11.6 Å². The van der Waals surface area contributed by atoms with E-state index in [-0.39, 0.29) is 5.91 Å². The Balaban J connectivity index is 1.35. The minimum atomic E-state index is -0.0297. The van der Waals surface area contributed by atoms with Gasteiger partial charge in [-0.05, 0) is 36.2 Å². The van der Waals surface area contributed by atoms with Crippen LogP contribution in [0.5, 0.6) is 0 Å². The van der Waals surface area contributed by atoms with Crippen LogP contribution in [-0.2, 0) is 24.3 Å². The summed E-state index contributed by atoms with van der Waals surface area (Å²) in [5, 5.41) is 4.58. The monoisotopic (exact) mass is 459 g/mol. The lowest BCUT2D eigenvalue weighted by molar-refractivity contribution is -0.120. The van der Waals surface area contributed by atoms with Gasteiger partial charge in [0.2, 0.25) is 5.91 Å². The molecular weight excluding hydrogens is 438 g/mol. The standard InChI is InChI=1S/C24H22ClN7O/c1-14-2-4-15(5-3-14)6-20(33)27-10-19-9-16-7-18(25)8-17(21(16)31-19)11-32-13-30-22-23(26)28-12-29-24(22)32/h2-5,7-9,12-13,31H,6,10-11H2,1H3,(H,27,33)(H2,26,28,29). The second-order valence-corrected chi connectivity index (χ2v) is 8.50. The van der Waals surface area contributed by atoms with Crippen molar-refractivity contribution < 1.29 is 4.79 Å². The van der Waals surface area contributed by atoms with Gasteiger partial charge in [0.05, 0.1) is 31.4 Å². The molecule has 0 aliphatic heterocycles. The van der Waals surface area contributed by atoms with Crippen molar-refractivity contribution in [3.8, 4) is 0 Å². The number of rotatable bonds is 6. The van der Waals surface area contributed by atoms with Crippen molar-refractivity contribution >= 4 is 45.4 Å². The molecule has 33 heavy (non-hydrogen) atoms. The van der Waals surface area contributed by atoms with E-state index >= 15 is 0 Å². The topological polar surface area (TPSA) is 115 Å². The van der Waals surface area contributed by atoms with E-state index in [1.165, 1.54) is 11.9 Å². The maximum absolute atomic E-state index is 12.4. The summed E-state index contributed by atoms with van der Waals surface area (Å²) in [4.78, 5) is 28.5. The van der Waals surface area contributed by atoms with Gasteiger partial charge in [-0.3, -0.25) is 4.79 Å². The summed E-state index contributed by atoms with van der Waals surface area (Å²) in [6, 6.07) is 13.8. The van der Waals surface area contributed by atoms with Crippen molar-refractivity contribution in [3.05, 3.63) is 82.5 Å². The highest BCUT2D eigenvalue weighted by Gasteiger charge is 2.13. The van der Waals surface area contributed by atoms with Crippen LogP contribution in [0.3, 0.4) is 0 Å². The number of benzene rings is 2. The van der Waals surface area contributed by atoms with Gasteiger partial charge in [-0.1, -0.05) is 41.4 Å². The number of fused-ring (bicyclic) bond motifs is 2. The Hall–Kier alpha value is -3.91. The van der Waals surface area contributed by atoms with Gasteiger partial charge in [0.1, 0.15) is 11.8 Å². The minimum Gasteiger partial charge on any atom is -0.382 e. The van der Waals surface area contributed by atoms with E-state index in [0.29, 0.717) is 41.5 Å². The lowest BCUT2D eigenvalue weighted by Gasteiger charge is -2.07. The summed E-state index contributed by atoms with van der Waals surface area (Å²) < 4.78 is 1.91. The molecule has 0 spiro atoms. The van der Waals surface area contributed by atoms with Crippen molar-refractivity contribution in [1.29, 1.82) is 0 Å². The number of halogens is 1. The van der Waals surface area contributed by atoms with Crippen molar-refractivity contribution in [2.75, 3.05) is 5.73 Å². The summed E-state index contributed by atoms with van der Waals surface area (Å²) in [5.74, 6) is 0.316. The molecule has 0 saturated carbocycles. The zero-order valence-electron chi connectivity index (χ0n) is 18.0. The molecule has 3 heterocycles. The molecule has 8 nitrogen and oxygen atoms in total. The molecule has 5 aromatic rings. The Bertz CT molecular complexity index is 1470. The Kier molecular flexibility index (Phi) is 5.43. The molecule has 3 aromatic heterocycles. The van der Waals surface area contributed by atoms with Crippen LogP contribution < -0.4 is 11.1 Å². The second kappa shape index (κ2) is 8.55. The first-order valence-electron chi connectivity index (χ1n) is 10.5. The first kappa shape index (κ1) is 21.0. The summed E-state index contributed by atoms with van der Waals surface area (Å²) >= 11 is 6.39. The number of carbonyl (C=O) groups excluding carboxylic acids is 1. The average Bonchev–Trinajstić information content (AvgIpc) is 3.39. The van der Waals surface area contributed by atoms with Crippen LogP contribution in [0.15, 0.2) is 55.1 Å². The van der Waals surface area contributed by atoms with Gasteiger partial charge in [-0.25, -0.2) is 15.0 Å². The van der Waals surface area contributed by atoms with Gasteiger partial charge < -0.3 is 20.6 Å². The van der Waals surface area contributed by atoms with Crippen LogP contribution in [0.4, 0.5) is 5.82 Å². The maximum atomic E-state index is 12.4. The number of H-pyrrole nitrogens is 1. The first-order chi connectivity index (χ1) is 16.0. The number of amides is 1.